The van der Waals surface area contributed by atoms with Crippen LogP contribution in [-0.4, -0.2) is 15.9 Å². The van der Waals surface area contributed by atoms with Gasteiger partial charge in [0.05, 0.1) is 0 Å². The fraction of sp³-hybridized carbons (Fsp3) is 0.150. The van der Waals surface area contributed by atoms with Crippen LogP contribution < -0.4 is 10.6 Å². The Bertz CT molecular complexity index is 925. The van der Waals surface area contributed by atoms with Crippen LogP contribution in [0, 0.1) is 13.8 Å². The van der Waals surface area contributed by atoms with Gasteiger partial charge in [0, 0.05) is 22.9 Å². The van der Waals surface area contributed by atoms with Gasteiger partial charge in [-0.2, -0.15) is 0 Å². The van der Waals surface area contributed by atoms with Gasteiger partial charge in [-0.15, -0.1) is 0 Å². The van der Waals surface area contributed by atoms with Crippen LogP contribution in [0.4, 0.5) is 11.6 Å². The van der Waals surface area contributed by atoms with Gasteiger partial charge in [-0.05, 0) is 55.3 Å². The highest BCUT2D eigenvalue weighted by molar-refractivity contribution is 6.30. The van der Waals surface area contributed by atoms with E-state index in [-0.39, 0.29) is 5.91 Å². The van der Waals surface area contributed by atoms with Gasteiger partial charge in [0.1, 0.15) is 5.69 Å². The lowest BCUT2D eigenvalue weighted by atomic mass is 10.2. The number of halogens is 1. The van der Waals surface area contributed by atoms with Crippen molar-refractivity contribution in [2.45, 2.75) is 20.4 Å². The molecular formula is C20H19ClN4O. The van der Waals surface area contributed by atoms with Crippen molar-refractivity contribution in [1.82, 2.24) is 9.97 Å². The van der Waals surface area contributed by atoms with Crippen molar-refractivity contribution in [2.75, 3.05) is 10.6 Å². The van der Waals surface area contributed by atoms with E-state index in [2.05, 4.69) is 20.6 Å². The maximum Gasteiger partial charge on any atom is 0.274 e. The Hall–Kier alpha value is -2.92. The van der Waals surface area contributed by atoms with Gasteiger partial charge in [-0.25, -0.2) is 9.97 Å². The molecule has 0 spiro atoms. The minimum atomic E-state index is -0.268. The Morgan fingerprint density at radius 2 is 1.81 bits per heavy atom. The van der Waals surface area contributed by atoms with Gasteiger partial charge in [-0.3, -0.25) is 4.79 Å². The summed E-state index contributed by atoms with van der Waals surface area (Å²) in [7, 11) is 0. The Kier molecular flexibility index (Phi) is 5.49. The van der Waals surface area contributed by atoms with Crippen molar-refractivity contribution in [3.05, 3.63) is 82.1 Å². The molecule has 2 aromatic carbocycles. The lowest BCUT2D eigenvalue weighted by Gasteiger charge is -2.09. The second kappa shape index (κ2) is 7.97. The SMILES string of the molecule is Cc1cccc(NC(=O)c2cc(C)nc(NCc3ccc(Cl)cc3)n2)c1. The molecule has 26 heavy (non-hydrogen) atoms. The first-order valence-corrected chi connectivity index (χ1v) is 8.59. The number of nitrogens with one attached hydrogen (secondary N) is 2. The molecule has 2 N–H and O–H groups in total. The minimum absolute atomic E-state index is 0.268. The van der Waals surface area contributed by atoms with Gasteiger partial charge < -0.3 is 10.6 Å². The van der Waals surface area contributed by atoms with E-state index in [1.54, 1.807) is 6.07 Å². The van der Waals surface area contributed by atoms with Gasteiger partial charge in [0.25, 0.3) is 5.91 Å². The summed E-state index contributed by atoms with van der Waals surface area (Å²) in [6, 6.07) is 16.8. The molecule has 132 valence electrons. The fourth-order valence-corrected chi connectivity index (χ4v) is 2.59. The molecule has 1 heterocycles. The summed E-state index contributed by atoms with van der Waals surface area (Å²) >= 11 is 5.89. The number of hydrogen-bond donors (Lipinski definition) is 2. The van der Waals surface area contributed by atoms with Crippen molar-refractivity contribution in [1.29, 1.82) is 0 Å². The second-order valence-electron chi connectivity index (χ2n) is 6.02. The van der Waals surface area contributed by atoms with Crippen molar-refractivity contribution in [3.63, 3.8) is 0 Å². The van der Waals surface area contributed by atoms with Gasteiger partial charge in [0.15, 0.2) is 0 Å². The zero-order chi connectivity index (χ0) is 18.5. The molecule has 0 aliphatic rings. The molecule has 0 unspecified atom stereocenters. The summed E-state index contributed by atoms with van der Waals surface area (Å²) < 4.78 is 0. The van der Waals surface area contributed by atoms with E-state index in [9.17, 15) is 4.79 Å². The number of nitrogens with zero attached hydrogens (tertiary/aromatic N) is 2. The third-order valence-corrected chi connectivity index (χ3v) is 3.98. The molecule has 0 fully saturated rings. The minimum Gasteiger partial charge on any atom is -0.350 e. The number of anilines is 2. The monoisotopic (exact) mass is 366 g/mol. The van der Waals surface area contributed by atoms with Crippen LogP contribution in [0.3, 0.4) is 0 Å². The van der Waals surface area contributed by atoms with E-state index < -0.39 is 0 Å². The molecule has 6 heteroatoms. The Morgan fingerprint density at radius 3 is 2.54 bits per heavy atom. The predicted molar refractivity (Wildman–Crippen MR) is 105 cm³/mol. The van der Waals surface area contributed by atoms with E-state index >= 15 is 0 Å². The third-order valence-electron chi connectivity index (χ3n) is 3.73. The largest absolute Gasteiger partial charge is 0.350 e. The molecule has 0 aliphatic carbocycles. The average Bonchev–Trinajstić information content (AvgIpc) is 2.61. The zero-order valence-corrected chi connectivity index (χ0v) is 15.3. The van der Waals surface area contributed by atoms with Crippen molar-refractivity contribution in [3.8, 4) is 0 Å². The Balaban J connectivity index is 1.72. The van der Waals surface area contributed by atoms with Crippen molar-refractivity contribution in [2.24, 2.45) is 0 Å². The summed E-state index contributed by atoms with van der Waals surface area (Å²) in [4.78, 5) is 21.2. The maximum absolute atomic E-state index is 12.5. The lowest BCUT2D eigenvalue weighted by Crippen LogP contribution is -2.16. The zero-order valence-electron chi connectivity index (χ0n) is 14.6. The summed E-state index contributed by atoms with van der Waals surface area (Å²) in [5.41, 5.74) is 3.89. The molecule has 0 aliphatic heterocycles. The van der Waals surface area contributed by atoms with Crippen LogP contribution in [0.1, 0.15) is 27.3 Å². The summed E-state index contributed by atoms with van der Waals surface area (Å²) in [5, 5.41) is 6.70. The van der Waals surface area contributed by atoms with E-state index in [0.717, 1.165) is 16.8 Å². The molecule has 0 bridgehead atoms. The summed E-state index contributed by atoms with van der Waals surface area (Å²) in [6.45, 7) is 4.35. The Morgan fingerprint density at radius 1 is 1.04 bits per heavy atom. The number of carbonyl (C=O) groups excluding carboxylic acids is 1. The number of hydrogen-bond acceptors (Lipinski definition) is 4. The van der Waals surface area contributed by atoms with E-state index in [4.69, 9.17) is 11.6 Å². The molecule has 3 aromatic rings. The summed E-state index contributed by atoms with van der Waals surface area (Å²) in [5.74, 6) is 0.144. The first-order chi connectivity index (χ1) is 12.5. The second-order valence-corrected chi connectivity index (χ2v) is 6.46. The van der Waals surface area contributed by atoms with Crippen LogP contribution in [0.25, 0.3) is 0 Å². The van der Waals surface area contributed by atoms with Crippen LogP contribution in [-0.2, 0) is 6.54 Å². The molecule has 1 amide bonds. The standard InChI is InChI=1S/C20H19ClN4O/c1-13-4-3-5-17(10-13)24-19(26)18-11-14(2)23-20(25-18)22-12-15-6-8-16(21)9-7-15/h3-11H,12H2,1-2H3,(H,24,26)(H,22,23,25). The van der Waals surface area contributed by atoms with Crippen molar-refractivity contribution < 1.29 is 4.79 Å². The quantitative estimate of drug-likeness (QED) is 0.691. The number of aromatic nitrogens is 2. The highest BCUT2D eigenvalue weighted by Gasteiger charge is 2.11. The van der Waals surface area contributed by atoms with Crippen LogP contribution in [0.5, 0.6) is 0 Å². The number of benzene rings is 2. The molecule has 0 atom stereocenters. The number of carbonyl (C=O) groups is 1. The lowest BCUT2D eigenvalue weighted by molar-refractivity contribution is 0.102. The Labute approximate surface area is 157 Å². The first-order valence-electron chi connectivity index (χ1n) is 8.21. The fourth-order valence-electron chi connectivity index (χ4n) is 2.47. The van der Waals surface area contributed by atoms with Gasteiger partial charge in [0.2, 0.25) is 5.95 Å². The topological polar surface area (TPSA) is 66.9 Å². The van der Waals surface area contributed by atoms with Gasteiger partial charge >= 0.3 is 0 Å². The third kappa shape index (κ3) is 4.80. The predicted octanol–water partition coefficient (Wildman–Crippen LogP) is 4.61. The average molecular weight is 367 g/mol. The molecule has 0 saturated carbocycles. The highest BCUT2D eigenvalue weighted by atomic mass is 35.5. The number of rotatable bonds is 5. The smallest absolute Gasteiger partial charge is 0.274 e. The summed E-state index contributed by atoms with van der Waals surface area (Å²) in [6.07, 6.45) is 0. The maximum atomic E-state index is 12.5. The molecular weight excluding hydrogens is 348 g/mol. The molecule has 5 nitrogen and oxygen atoms in total. The highest BCUT2D eigenvalue weighted by Crippen LogP contribution is 2.14. The van der Waals surface area contributed by atoms with Gasteiger partial charge in [-0.1, -0.05) is 35.9 Å². The molecule has 0 radical (unpaired) electrons. The van der Waals surface area contributed by atoms with Crippen LogP contribution in [0.15, 0.2) is 54.6 Å². The normalized spacial score (nSPS) is 10.4. The molecule has 0 saturated heterocycles. The van der Waals surface area contributed by atoms with Crippen molar-refractivity contribution >= 4 is 29.1 Å². The van der Waals surface area contributed by atoms with E-state index in [0.29, 0.717) is 28.9 Å². The van der Waals surface area contributed by atoms with E-state index in [1.807, 2.05) is 62.4 Å². The molecule has 1 aromatic heterocycles. The number of aryl methyl sites for hydroxylation is 2. The van der Waals surface area contributed by atoms with Crippen LogP contribution in [0.2, 0.25) is 5.02 Å². The first kappa shape index (κ1) is 17.9. The number of amides is 1. The van der Waals surface area contributed by atoms with E-state index in [1.165, 1.54) is 0 Å². The molecule has 3 rings (SSSR count). The van der Waals surface area contributed by atoms with Crippen LogP contribution >= 0.6 is 11.6 Å².